The molecule has 2 aromatic heterocycles. The van der Waals surface area contributed by atoms with Gasteiger partial charge in [0.25, 0.3) is 11.8 Å². The number of carbonyl (C=O) groups is 2. The number of hydrogen-bond acceptors (Lipinski definition) is 6. The Morgan fingerprint density at radius 2 is 1.97 bits per heavy atom. The molecule has 0 radical (unpaired) electrons. The second-order valence-corrected chi connectivity index (χ2v) is 9.10. The third-order valence-corrected chi connectivity index (χ3v) is 6.44. The van der Waals surface area contributed by atoms with E-state index in [-0.39, 0.29) is 42.0 Å². The van der Waals surface area contributed by atoms with Crippen LogP contribution in [0.25, 0.3) is 11.1 Å². The molecular weight excluding hydrogens is 463 g/mol. The van der Waals surface area contributed by atoms with Crippen LogP contribution in [0, 0.1) is 11.7 Å². The zero-order valence-electron chi connectivity index (χ0n) is 20.5. The van der Waals surface area contributed by atoms with Gasteiger partial charge in [-0.05, 0) is 42.8 Å². The van der Waals surface area contributed by atoms with Crippen molar-refractivity contribution in [1.29, 1.82) is 0 Å². The first-order valence-electron chi connectivity index (χ1n) is 11.8. The molecule has 2 amide bonds. The smallest absolute Gasteiger partial charge is 0.259 e. The number of aliphatic hydroxyl groups excluding tert-OH is 1. The third-order valence-electron chi connectivity index (χ3n) is 6.44. The number of pyridine rings is 2. The molecule has 3 atom stereocenters. The number of benzene rings is 1. The number of halogens is 1. The predicted octanol–water partition coefficient (Wildman–Crippen LogP) is 3.28. The molecule has 1 aliphatic rings. The number of aromatic nitrogens is 2. The highest BCUT2D eigenvalue weighted by atomic mass is 19.1. The SMILES string of the molecule is C[C@H](CO)N1C[C@H](C)[C@H](CN(C)C(=O)c2ccccc2F)Oc2ncc(-c3ccncc3)cc2C1=O. The van der Waals surface area contributed by atoms with Crippen LogP contribution in [0.2, 0.25) is 0 Å². The standard InChI is InChI=1S/C27H29FN4O4/c1-17-14-32(18(2)16-33)27(35)22-12-20(19-8-10-29-11-9-19)13-30-25(22)36-24(17)15-31(3)26(34)21-6-4-5-7-23(21)28/h4-13,17-18,24,33H,14-16H2,1-3H3/t17-,18+,24-/m0/s1. The van der Waals surface area contributed by atoms with Crippen LogP contribution >= 0.6 is 0 Å². The van der Waals surface area contributed by atoms with Gasteiger partial charge >= 0.3 is 0 Å². The van der Waals surface area contributed by atoms with Crippen LogP contribution in [0.4, 0.5) is 4.39 Å². The Kier molecular flexibility index (Phi) is 7.59. The number of rotatable bonds is 6. The van der Waals surface area contributed by atoms with Gasteiger partial charge in [0.05, 0.1) is 24.8 Å². The number of likely N-dealkylation sites (N-methyl/N-ethyl adjacent to an activating group) is 1. The van der Waals surface area contributed by atoms with Crippen LogP contribution < -0.4 is 4.74 Å². The fraction of sp³-hybridized carbons (Fsp3) is 0.333. The topological polar surface area (TPSA) is 95.9 Å². The summed E-state index contributed by atoms with van der Waals surface area (Å²) >= 11 is 0. The van der Waals surface area contributed by atoms with Crippen LogP contribution in [0.1, 0.15) is 34.6 Å². The number of amides is 2. The molecular formula is C27H29FN4O4. The van der Waals surface area contributed by atoms with Gasteiger partial charge in [-0.1, -0.05) is 19.1 Å². The summed E-state index contributed by atoms with van der Waals surface area (Å²) in [6, 6.07) is 10.8. The fourth-order valence-electron chi connectivity index (χ4n) is 4.22. The van der Waals surface area contributed by atoms with Crippen molar-refractivity contribution in [1.82, 2.24) is 19.8 Å². The van der Waals surface area contributed by atoms with Gasteiger partial charge in [0.2, 0.25) is 5.88 Å². The van der Waals surface area contributed by atoms with Gasteiger partial charge in [-0.15, -0.1) is 0 Å². The van der Waals surface area contributed by atoms with Crippen molar-refractivity contribution in [3.63, 3.8) is 0 Å². The monoisotopic (exact) mass is 492 g/mol. The van der Waals surface area contributed by atoms with Gasteiger partial charge in [-0.3, -0.25) is 14.6 Å². The number of aliphatic hydroxyl groups is 1. The van der Waals surface area contributed by atoms with E-state index in [4.69, 9.17) is 4.74 Å². The van der Waals surface area contributed by atoms with E-state index in [9.17, 15) is 19.1 Å². The van der Waals surface area contributed by atoms with Gasteiger partial charge in [0.1, 0.15) is 17.5 Å². The van der Waals surface area contributed by atoms with Gasteiger partial charge in [-0.25, -0.2) is 9.37 Å². The molecule has 8 nitrogen and oxygen atoms in total. The van der Waals surface area contributed by atoms with Crippen molar-refractivity contribution >= 4 is 11.8 Å². The second kappa shape index (κ2) is 10.8. The first-order chi connectivity index (χ1) is 17.3. The summed E-state index contributed by atoms with van der Waals surface area (Å²) < 4.78 is 20.4. The summed E-state index contributed by atoms with van der Waals surface area (Å²) in [6.07, 6.45) is 4.40. The van der Waals surface area contributed by atoms with E-state index in [1.165, 1.54) is 23.1 Å². The van der Waals surface area contributed by atoms with E-state index < -0.39 is 23.9 Å². The van der Waals surface area contributed by atoms with Crippen LogP contribution in [0.5, 0.6) is 5.88 Å². The summed E-state index contributed by atoms with van der Waals surface area (Å²) in [7, 11) is 1.59. The highest BCUT2D eigenvalue weighted by Crippen LogP contribution is 2.30. The number of carbonyl (C=O) groups excluding carboxylic acids is 2. The molecule has 0 unspecified atom stereocenters. The van der Waals surface area contributed by atoms with Gasteiger partial charge in [0, 0.05) is 43.7 Å². The molecule has 4 rings (SSSR count). The van der Waals surface area contributed by atoms with Crippen molar-refractivity contribution in [2.45, 2.75) is 26.0 Å². The van der Waals surface area contributed by atoms with Crippen molar-refractivity contribution < 1.29 is 23.8 Å². The van der Waals surface area contributed by atoms with E-state index in [1.54, 1.807) is 49.6 Å². The first-order valence-corrected chi connectivity index (χ1v) is 11.8. The minimum Gasteiger partial charge on any atom is -0.472 e. The zero-order chi connectivity index (χ0) is 25.8. The van der Waals surface area contributed by atoms with Crippen molar-refractivity contribution in [3.8, 4) is 17.0 Å². The number of ether oxygens (including phenoxy) is 1. The summed E-state index contributed by atoms with van der Waals surface area (Å²) in [5.41, 5.74) is 1.81. The molecule has 3 heterocycles. The minimum absolute atomic E-state index is 0.0234. The molecule has 0 fully saturated rings. The molecule has 1 N–H and O–H groups in total. The molecule has 0 bridgehead atoms. The van der Waals surface area contributed by atoms with E-state index >= 15 is 0 Å². The molecule has 188 valence electrons. The van der Waals surface area contributed by atoms with E-state index in [1.807, 2.05) is 19.1 Å². The molecule has 3 aromatic rings. The first kappa shape index (κ1) is 25.2. The average Bonchev–Trinajstić information content (AvgIpc) is 2.90. The Labute approximate surface area is 209 Å². The lowest BCUT2D eigenvalue weighted by Crippen LogP contribution is -2.50. The molecule has 9 heteroatoms. The lowest BCUT2D eigenvalue weighted by Gasteiger charge is -2.37. The summed E-state index contributed by atoms with van der Waals surface area (Å²) in [5.74, 6) is -1.42. The molecule has 1 aromatic carbocycles. The molecule has 0 spiro atoms. The average molecular weight is 493 g/mol. The quantitative estimate of drug-likeness (QED) is 0.568. The van der Waals surface area contributed by atoms with Crippen LogP contribution in [-0.2, 0) is 0 Å². The van der Waals surface area contributed by atoms with E-state index in [0.29, 0.717) is 6.54 Å². The van der Waals surface area contributed by atoms with Crippen molar-refractivity contribution in [2.24, 2.45) is 5.92 Å². The van der Waals surface area contributed by atoms with Gasteiger partial charge in [0.15, 0.2) is 0 Å². The normalized spacial score (nSPS) is 18.5. The second-order valence-electron chi connectivity index (χ2n) is 9.10. The lowest BCUT2D eigenvalue weighted by molar-refractivity contribution is 0.0312. The Morgan fingerprint density at radius 3 is 2.67 bits per heavy atom. The summed E-state index contributed by atoms with van der Waals surface area (Å²) in [5, 5.41) is 9.83. The van der Waals surface area contributed by atoms with Gasteiger partial charge in [-0.2, -0.15) is 0 Å². The predicted molar refractivity (Wildman–Crippen MR) is 132 cm³/mol. The Bertz CT molecular complexity index is 1240. The molecule has 1 aliphatic heterocycles. The van der Waals surface area contributed by atoms with Gasteiger partial charge < -0.3 is 19.6 Å². The summed E-state index contributed by atoms with van der Waals surface area (Å²) in [4.78, 5) is 38.0. The molecule has 0 aliphatic carbocycles. The van der Waals surface area contributed by atoms with E-state index in [2.05, 4.69) is 9.97 Å². The minimum atomic E-state index is -0.592. The molecule has 0 saturated carbocycles. The number of nitrogens with zero attached hydrogens (tertiary/aromatic N) is 4. The van der Waals surface area contributed by atoms with E-state index in [0.717, 1.165) is 11.1 Å². The van der Waals surface area contributed by atoms with Crippen LogP contribution in [-0.4, -0.2) is 75.6 Å². The Morgan fingerprint density at radius 1 is 1.25 bits per heavy atom. The Hall–Kier alpha value is -3.85. The maximum Gasteiger partial charge on any atom is 0.259 e. The van der Waals surface area contributed by atoms with Crippen LogP contribution in [0.3, 0.4) is 0 Å². The van der Waals surface area contributed by atoms with Crippen LogP contribution in [0.15, 0.2) is 61.1 Å². The molecule has 36 heavy (non-hydrogen) atoms. The third kappa shape index (κ3) is 5.21. The maximum absolute atomic E-state index is 14.2. The molecule has 0 saturated heterocycles. The Balaban J connectivity index is 1.68. The zero-order valence-corrected chi connectivity index (χ0v) is 20.5. The number of hydrogen-bond donors (Lipinski definition) is 1. The largest absolute Gasteiger partial charge is 0.472 e. The highest BCUT2D eigenvalue weighted by molar-refractivity contribution is 5.98. The number of fused-ring (bicyclic) bond motifs is 1. The van der Waals surface area contributed by atoms with Crippen molar-refractivity contribution in [3.05, 3.63) is 78.0 Å². The fourth-order valence-corrected chi connectivity index (χ4v) is 4.22. The highest BCUT2D eigenvalue weighted by Gasteiger charge is 2.35. The van der Waals surface area contributed by atoms with Crippen molar-refractivity contribution in [2.75, 3.05) is 26.7 Å². The summed E-state index contributed by atoms with van der Waals surface area (Å²) in [6.45, 7) is 3.92. The maximum atomic E-state index is 14.2. The lowest BCUT2D eigenvalue weighted by atomic mass is 9.99.